The van der Waals surface area contributed by atoms with Crippen molar-refractivity contribution in [3.8, 4) is 5.75 Å². The number of carbonyl (C=O) groups excluding carboxylic acids is 2. The topological polar surface area (TPSA) is 46.6 Å². The lowest BCUT2D eigenvalue weighted by Gasteiger charge is -2.14. The Morgan fingerprint density at radius 2 is 1.66 bits per heavy atom. The zero-order valence-electron chi connectivity index (χ0n) is 19.0. The number of amides is 2. The summed E-state index contributed by atoms with van der Waals surface area (Å²) in [5.74, 6) is 0.357. The Balaban J connectivity index is 1.40. The van der Waals surface area contributed by atoms with E-state index in [2.05, 4.69) is 40.2 Å². The maximum atomic E-state index is 13.1. The van der Waals surface area contributed by atoms with Crippen molar-refractivity contribution in [2.24, 2.45) is 0 Å². The van der Waals surface area contributed by atoms with Crippen molar-refractivity contribution >= 4 is 55.7 Å². The maximum Gasteiger partial charge on any atom is 0.293 e. The molecule has 1 fully saturated rings. The highest BCUT2D eigenvalue weighted by atomic mass is 79.9. The molecule has 2 amide bonds. The molecule has 0 radical (unpaired) electrons. The van der Waals surface area contributed by atoms with E-state index in [0.717, 1.165) is 49.3 Å². The number of nitrogens with zero attached hydrogens (tertiary/aromatic N) is 1. The molecule has 0 atom stereocenters. The Labute approximate surface area is 216 Å². The number of carbonyl (C=O) groups is 2. The van der Waals surface area contributed by atoms with Gasteiger partial charge in [-0.25, -0.2) is 0 Å². The van der Waals surface area contributed by atoms with E-state index in [4.69, 9.17) is 4.74 Å². The van der Waals surface area contributed by atoms with E-state index in [9.17, 15) is 9.59 Å². The minimum absolute atomic E-state index is 0.262. The summed E-state index contributed by atoms with van der Waals surface area (Å²) in [6, 6.07) is 27.8. The molecule has 1 heterocycles. The van der Waals surface area contributed by atoms with Gasteiger partial charge in [-0.15, -0.1) is 0 Å². The van der Waals surface area contributed by atoms with Gasteiger partial charge in [0.15, 0.2) is 0 Å². The minimum atomic E-state index is -0.289. The van der Waals surface area contributed by atoms with Crippen LogP contribution < -0.4 is 4.74 Å². The summed E-state index contributed by atoms with van der Waals surface area (Å²) in [5, 5.41) is 2.04. The second-order valence-electron chi connectivity index (χ2n) is 8.30. The quantitative estimate of drug-likeness (QED) is 0.233. The lowest BCUT2D eigenvalue weighted by atomic mass is 10.1. The van der Waals surface area contributed by atoms with E-state index in [0.29, 0.717) is 17.3 Å². The molecule has 4 aromatic rings. The van der Waals surface area contributed by atoms with Gasteiger partial charge in [-0.2, -0.15) is 0 Å². The van der Waals surface area contributed by atoms with Gasteiger partial charge >= 0.3 is 0 Å². The highest BCUT2D eigenvalue weighted by molar-refractivity contribution is 9.10. The number of ether oxygens (including phenoxy) is 1. The predicted octanol–water partition coefficient (Wildman–Crippen LogP) is 7.73. The molecule has 1 saturated heterocycles. The molecule has 0 saturated carbocycles. The fourth-order valence-corrected chi connectivity index (χ4v) is 5.28. The predicted molar refractivity (Wildman–Crippen MR) is 145 cm³/mol. The summed E-state index contributed by atoms with van der Waals surface area (Å²) in [6.07, 6.45) is 1.74. The zero-order valence-corrected chi connectivity index (χ0v) is 21.4. The molecule has 0 unspecified atom stereocenters. The van der Waals surface area contributed by atoms with Gasteiger partial charge in [0.2, 0.25) is 0 Å². The molecule has 1 aliphatic heterocycles. The molecule has 6 heteroatoms. The average Bonchev–Trinajstić information content (AvgIpc) is 3.12. The van der Waals surface area contributed by atoms with Crippen LogP contribution in [0.1, 0.15) is 22.3 Å². The van der Waals surface area contributed by atoms with Crippen LogP contribution in [0.4, 0.5) is 4.79 Å². The lowest BCUT2D eigenvalue weighted by molar-refractivity contribution is -0.123. The number of benzene rings is 4. The molecule has 0 N–H and O–H groups in total. The Hall–Kier alpha value is -3.35. The summed E-state index contributed by atoms with van der Waals surface area (Å²) < 4.78 is 7.07. The average molecular weight is 544 g/mol. The highest BCUT2D eigenvalue weighted by Gasteiger charge is 2.35. The van der Waals surface area contributed by atoms with Gasteiger partial charge < -0.3 is 4.74 Å². The van der Waals surface area contributed by atoms with Gasteiger partial charge in [-0.05, 0) is 70.4 Å². The lowest BCUT2D eigenvalue weighted by Crippen LogP contribution is -2.27. The molecular weight excluding hydrogens is 522 g/mol. The SMILES string of the molecule is Cc1ccccc1CN1C(=O)S/C(=C\c2cc(Br)ccc2OCc2cccc3ccccc23)C1=O. The van der Waals surface area contributed by atoms with Crippen LogP contribution in [0.5, 0.6) is 5.75 Å². The van der Waals surface area contributed by atoms with Crippen LogP contribution in [0.25, 0.3) is 16.8 Å². The van der Waals surface area contributed by atoms with Crippen LogP contribution >= 0.6 is 27.7 Å². The van der Waals surface area contributed by atoms with Crippen LogP contribution in [-0.4, -0.2) is 16.0 Å². The fraction of sp³-hybridized carbons (Fsp3) is 0.103. The number of halogens is 1. The van der Waals surface area contributed by atoms with Gasteiger partial charge in [0, 0.05) is 10.0 Å². The number of fused-ring (bicyclic) bond motifs is 1. The number of hydrogen-bond acceptors (Lipinski definition) is 4. The molecule has 4 nitrogen and oxygen atoms in total. The van der Waals surface area contributed by atoms with Crippen molar-refractivity contribution in [3.63, 3.8) is 0 Å². The monoisotopic (exact) mass is 543 g/mol. The van der Waals surface area contributed by atoms with Crippen molar-refractivity contribution in [2.75, 3.05) is 0 Å². The van der Waals surface area contributed by atoms with Crippen LogP contribution in [0.3, 0.4) is 0 Å². The van der Waals surface area contributed by atoms with Crippen molar-refractivity contribution in [3.05, 3.63) is 117 Å². The number of imide groups is 1. The van der Waals surface area contributed by atoms with Crippen molar-refractivity contribution in [1.29, 1.82) is 0 Å². The van der Waals surface area contributed by atoms with Crippen molar-refractivity contribution < 1.29 is 14.3 Å². The summed E-state index contributed by atoms with van der Waals surface area (Å²) >= 11 is 4.47. The first-order chi connectivity index (χ1) is 17.0. The third kappa shape index (κ3) is 5.04. The number of thioether (sulfide) groups is 1. The Morgan fingerprint density at radius 3 is 2.51 bits per heavy atom. The summed E-state index contributed by atoms with van der Waals surface area (Å²) in [6.45, 7) is 2.63. The number of aryl methyl sites for hydroxylation is 1. The van der Waals surface area contributed by atoms with E-state index in [-0.39, 0.29) is 17.7 Å². The first-order valence-corrected chi connectivity index (χ1v) is 12.8. The van der Waals surface area contributed by atoms with E-state index in [1.807, 2.05) is 67.6 Å². The largest absolute Gasteiger partial charge is 0.488 e. The van der Waals surface area contributed by atoms with Gasteiger partial charge in [-0.3, -0.25) is 14.5 Å². The van der Waals surface area contributed by atoms with Gasteiger partial charge in [0.05, 0.1) is 11.4 Å². The molecule has 35 heavy (non-hydrogen) atoms. The van der Waals surface area contributed by atoms with Gasteiger partial charge in [0.25, 0.3) is 11.1 Å². The van der Waals surface area contributed by atoms with E-state index in [1.165, 1.54) is 4.90 Å². The third-order valence-electron chi connectivity index (χ3n) is 5.98. The van der Waals surface area contributed by atoms with Gasteiger partial charge in [0.1, 0.15) is 12.4 Å². The first kappa shape index (κ1) is 23.4. The molecule has 174 valence electrons. The summed E-state index contributed by atoms with van der Waals surface area (Å²) in [7, 11) is 0. The molecule has 1 aliphatic rings. The molecule has 4 aromatic carbocycles. The Kier molecular flexibility index (Phi) is 6.75. The van der Waals surface area contributed by atoms with Crippen LogP contribution in [0.15, 0.2) is 94.3 Å². The highest BCUT2D eigenvalue weighted by Crippen LogP contribution is 2.36. The van der Waals surface area contributed by atoms with Crippen molar-refractivity contribution in [2.45, 2.75) is 20.1 Å². The molecule has 0 aliphatic carbocycles. The fourth-order valence-electron chi connectivity index (χ4n) is 4.07. The normalized spacial score (nSPS) is 14.8. The Morgan fingerprint density at radius 1 is 0.914 bits per heavy atom. The molecule has 5 rings (SSSR count). The van der Waals surface area contributed by atoms with Crippen LogP contribution in [-0.2, 0) is 17.9 Å². The minimum Gasteiger partial charge on any atom is -0.488 e. The standard InChI is InChI=1S/C29H22BrNO3S/c1-19-7-2-3-9-21(19)17-31-28(32)27(35-29(31)33)16-23-15-24(30)13-14-26(23)34-18-22-11-6-10-20-8-4-5-12-25(20)22/h2-16H,17-18H2,1H3/b27-16-. The number of hydrogen-bond donors (Lipinski definition) is 0. The van der Waals surface area contributed by atoms with Gasteiger partial charge in [-0.1, -0.05) is 82.7 Å². The van der Waals surface area contributed by atoms with E-state index < -0.39 is 0 Å². The zero-order chi connectivity index (χ0) is 24.4. The van der Waals surface area contributed by atoms with Crippen molar-refractivity contribution in [1.82, 2.24) is 4.90 Å². The smallest absolute Gasteiger partial charge is 0.293 e. The van der Waals surface area contributed by atoms with Crippen LogP contribution in [0, 0.1) is 6.92 Å². The molecular formula is C29H22BrNO3S. The molecule has 0 spiro atoms. The van der Waals surface area contributed by atoms with E-state index >= 15 is 0 Å². The summed E-state index contributed by atoms with van der Waals surface area (Å²) in [5.41, 5.74) is 3.82. The third-order valence-corrected chi connectivity index (χ3v) is 7.39. The molecule has 0 bridgehead atoms. The van der Waals surface area contributed by atoms with E-state index in [1.54, 1.807) is 6.08 Å². The Bertz CT molecular complexity index is 1470. The maximum absolute atomic E-state index is 13.1. The summed E-state index contributed by atoms with van der Waals surface area (Å²) in [4.78, 5) is 27.5. The second-order valence-corrected chi connectivity index (χ2v) is 10.2. The molecule has 0 aromatic heterocycles. The number of rotatable bonds is 6. The van der Waals surface area contributed by atoms with Crippen LogP contribution in [0.2, 0.25) is 0 Å². The first-order valence-electron chi connectivity index (χ1n) is 11.2. The second kappa shape index (κ2) is 10.1.